The first kappa shape index (κ1) is 15.7. The van der Waals surface area contributed by atoms with Gasteiger partial charge in [0.15, 0.2) is 11.6 Å². The van der Waals surface area contributed by atoms with Gasteiger partial charge in [0.2, 0.25) is 5.95 Å². The number of anilines is 3. The third kappa shape index (κ3) is 2.82. The molecule has 5 rings (SSSR count). The molecule has 1 aromatic carbocycles. The van der Waals surface area contributed by atoms with Crippen LogP contribution in [0.4, 0.5) is 21.8 Å². The highest BCUT2D eigenvalue weighted by atomic mass is 19.1. The van der Waals surface area contributed by atoms with E-state index in [1.807, 2.05) is 24.4 Å². The Morgan fingerprint density at radius 2 is 2.23 bits per heavy atom. The van der Waals surface area contributed by atoms with E-state index in [0.717, 1.165) is 37.3 Å². The van der Waals surface area contributed by atoms with Gasteiger partial charge in [0.25, 0.3) is 0 Å². The fourth-order valence-corrected chi connectivity index (χ4v) is 4.14. The first-order valence-electron chi connectivity index (χ1n) is 9.17. The van der Waals surface area contributed by atoms with Crippen molar-refractivity contribution in [1.82, 2.24) is 15.3 Å². The van der Waals surface area contributed by atoms with Gasteiger partial charge in [-0.3, -0.25) is 4.99 Å². The van der Waals surface area contributed by atoms with Gasteiger partial charge in [-0.2, -0.15) is 4.98 Å². The highest BCUT2D eigenvalue weighted by Gasteiger charge is 2.33. The predicted molar refractivity (Wildman–Crippen MR) is 99.7 cm³/mol. The summed E-state index contributed by atoms with van der Waals surface area (Å²) in [5.74, 6) is 1.00. The first-order chi connectivity index (χ1) is 12.8. The van der Waals surface area contributed by atoms with E-state index < -0.39 is 5.82 Å². The molecular formula is C19H21FN6. The molecule has 2 fully saturated rings. The minimum atomic E-state index is -0.444. The van der Waals surface area contributed by atoms with Gasteiger partial charge in [-0.05, 0) is 48.6 Å². The predicted octanol–water partition coefficient (Wildman–Crippen LogP) is 2.48. The molecule has 2 N–H and O–H groups in total. The normalized spacial score (nSPS) is 23.8. The fraction of sp³-hybridized carbons (Fsp3) is 0.421. The Hall–Kier alpha value is -2.54. The van der Waals surface area contributed by atoms with E-state index in [2.05, 4.69) is 30.5 Å². The zero-order valence-electron chi connectivity index (χ0n) is 14.5. The standard InChI is InChI=1S/C19H21FN6/c20-16-10-23-19(26-6-4-17-13(11-26)3-5-22-17)25-18(16)24-15-2-1-12-8-21-9-14(12)7-15/h1-2,7,9-10,13,17,22H,3-6,8,11H2,(H,23,24,25). The van der Waals surface area contributed by atoms with Crippen molar-refractivity contribution in [3.05, 3.63) is 41.3 Å². The van der Waals surface area contributed by atoms with Gasteiger partial charge in [0.05, 0.1) is 12.7 Å². The summed E-state index contributed by atoms with van der Waals surface area (Å²) in [6.45, 7) is 3.63. The zero-order chi connectivity index (χ0) is 17.5. The highest BCUT2D eigenvalue weighted by Crippen LogP contribution is 2.28. The van der Waals surface area contributed by atoms with E-state index >= 15 is 0 Å². The molecule has 0 spiro atoms. The van der Waals surface area contributed by atoms with E-state index in [9.17, 15) is 4.39 Å². The van der Waals surface area contributed by atoms with Crippen LogP contribution < -0.4 is 15.5 Å². The summed E-state index contributed by atoms with van der Waals surface area (Å²) < 4.78 is 14.3. The minimum Gasteiger partial charge on any atom is -0.340 e. The second-order valence-electron chi connectivity index (χ2n) is 7.22. The molecule has 1 aromatic heterocycles. The molecule has 2 aromatic rings. The second kappa shape index (κ2) is 6.32. The maximum absolute atomic E-state index is 14.3. The lowest BCUT2D eigenvalue weighted by atomic mass is 9.94. The number of nitrogens with one attached hydrogen (secondary N) is 2. The number of halogens is 1. The zero-order valence-corrected chi connectivity index (χ0v) is 14.5. The van der Waals surface area contributed by atoms with Crippen LogP contribution >= 0.6 is 0 Å². The SMILES string of the molecule is Fc1cnc(N2CCC3NCCC3C2)nc1Nc1ccc2c(c1)C=NC2. The average Bonchev–Trinajstić information content (AvgIpc) is 3.31. The minimum absolute atomic E-state index is 0.219. The molecular weight excluding hydrogens is 331 g/mol. The van der Waals surface area contributed by atoms with Crippen LogP contribution in [0.15, 0.2) is 29.4 Å². The Morgan fingerprint density at radius 3 is 3.19 bits per heavy atom. The van der Waals surface area contributed by atoms with Gasteiger partial charge in [-0.25, -0.2) is 9.37 Å². The molecule has 2 saturated heterocycles. The molecule has 0 amide bonds. The molecule has 6 nitrogen and oxygen atoms in total. The molecule has 2 unspecified atom stereocenters. The van der Waals surface area contributed by atoms with Crippen LogP contribution in [0.2, 0.25) is 0 Å². The van der Waals surface area contributed by atoms with Crippen LogP contribution in [0.1, 0.15) is 24.0 Å². The Kier molecular flexibility index (Phi) is 3.81. The van der Waals surface area contributed by atoms with E-state index in [4.69, 9.17) is 0 Å². The van der Waals surface area contributed by atoms with Crippen molar-refractivity contribution in [2.75, 3.05) is 29.9 Å². The molecule has 3 aliphatic rings. The highest BCUT2D eigenvalue weighted by molar-refractivity contribution is 5.86. The largest absolute Gasteiger partial charge is 0.340 e. The van der Waals surface area contributed by atoms with Crippen LogP contribution in [0.5, 0.6) is 0 Å². The Balaban J connectivity index is 1.37. The van der Waals surface area contributed by atoms with Crippen molar-refractivity contribution < 1.29 is 4.39 Å². The number of hydrogen-bond donors (Lipinski definition) is 2. The van der Waals surface area contributed by atoms with Crippen LogP contribution in [0.25, 0.3) is 0 Å². The molecule has 0 radical (unpaired) electrons. The summed E-state index contributed by atoms with van der Waals surface area (Å²) in [5, 5.41) is 6.65. The van der Waals surface area contributed by atoms with Gasteiger partial charge in [-0.15, -0.1) is 0 Å². The molecule has 134 valence electrons. The summed E-state index contributed by atoms with van der Waals surface area (Å²) >= 11 is 0. The number of nitrogens with zero attached hydrogens (tertiary/aromatic N) is 4. The van der Waals surface area contributed by atoms with E-state index in [1.165, 1.54) is 18.2 Å². The van der Waals surface area contributed by atoms with Crippen LogP contribution in [-0.4, -0.2) is 41.9 Å². The number of benzene rings is 1. The van der Waals surface area contributed by atoms with Crippen LogP contribution in [-0.2, 0) is 6.54 Å². The van der Waals surface area contributed by atoms with Crippen molar-refractivity contribution in [1.29, 1.82) is 0 Å². The van der Waals surface area contributed by atoms with Gasteiger partial charge in [0, 0.05) is 31.0 Å². The summed E-state index contributed by atoms with van der Waals surface area (Å²) in [6, 6.07) is 6.53. The quantitative estimate of drug-likeness (QED) is 0.888. The number of aromatic nitrogens is 2. The number of rotatable bonds is 3. The van der Waals surface area contributed by atoms with Crippen LogP contribution in [0.3, 0.4) is 0 Å². The third-order valence-electron chi connectivity index (χ3n) is 5.57. The number of hydrogen-bond acceptors (Lipinski definition) is 6. The smallest absolute Gasteiger partial charge is 0.227 e. The average molecular weight is 352 g/mol. The molecule has 0 saturated carbocycles. The molecule has 0 bridgehead atoms. The Labute approximate surface area is 151 Å². The fourth-order valence-electron chi connectivity index (χ4n) is 4.14. The Morgan fingerprint density at radius 1 is 1.27 bits per heavy atom. The second-order valence-corrected chi connectivity index (χ2v) is 7.22. The van der Waals surface area contributed by atoms with Crippen molar-refractivity contribution in [3.8, 4) is 0 Å². The summed E-state index contributed by atoms with van der Waals surface area (Å²) in [6.07, 6.45) is 5.38. The van der Waals surface area contributed by atoms with E-state index in [-0.39, 0.29) is 5.82 Å². The summed E-state index contributed by atoms with van der Waals surface area (Å²) in [7, 11) is 0. The third-order valence-corrected chi connectivity index (χ3v) is 5.57. The summed E-state index contributed by atoms with van der Waals surface area (Å²) in [4.78, 5) is 15.1. The van der Waals surface area contributed by atoms with Gasteiger partial charge in [0.1, 0.15) is 0 Å². The molecule has 2 atom stereocenters. The first-order valence-corrected chi connectivity index (χ1v) is 9.17. The van der Waals surface area contributed by atoms with Gasteiger partial charge >= 0.3 is 0 Å². The van der Waals surface area contributed by atoms with Crippen molar-refractivity contribution in [2.24, 2.45) is 10.9 Å². The molecule has 7 heteroatoms. The topological polar surface area (TPSA) is 65.4 Å². The molecule has 0 aliphatic carbocycles. The molecule has 3 aliphatic heterocycles. The van der Waals surface area contributed by atoms with Crippen molar-refractivity contribution in [3.63, 3.8) is 0 Å². The lowest BCUT2D eigenvalue weighted by Gasteiger charge is -2.34. The lowest BCUT2D eigenvalue weighted by molar-refractivity contribution is 0.373. The molecule has 4 heterocycles. The maximum Gasteiger partial charge on any atom is 0.227 e. The van der Waals surface area contributed by atoms with Gasteiger partial charge in [-0.1, -0.05) is 6.07 Å². The lowest BCUT2D eigenvalue weighted by Crippen LogP contribution is -2.45. The van der Waals surface area contributed by atoms with Crippen LogP contribution in [0, 0.1) is 11.7 Å². The number of fused-ring (bicyclic) bond motifs is 2. The van der Waals surface area contributed by atoms with Crippen molar-refractivity contribution in [2.45, 2.75) is 25.4 Å². The Bertz CT molecular complexity index is 867. The summed E-state index contributed by atoms with van der Waals surface area (Å²) in [5.41, 5.74) is 3.06. The van der Waals surface area contributed by atoms with Crippen molar-refractivity contribution >= 4 is 23.7 Å². The number of aliphatic imine (C=N–C) groups is 1. The number of piperidine rings is 1. The molecule has 26 heavy (non-hydrogen) atoms. The van der Waals surface area contributed by atoms with E-state index in [1.54, 1.807) is 0 Å². The monoisotopic (exact) mass is 352 g/mol. The van der Waals surface area contributed by atoms with E-state index in [0.29, 0.717) is 24.5 Å². The van der Waals surface area contributed by atoms with Gasteiger partial charge < -0.3 is 15.5 Å². The maximum atomic E-state index is 14.3.